The lowest BCUT2D eigenvalue weighted by Gasteiger charge is -2.15. The van der Waals surface area contributed by atoms with Crippen LogP contribution in [0.15, 0.2) is 18.2 Å². The lowest BCUT2D eigenvalue weighted by molar-refractivity contribution is 0.0695. The molecule has 0 aliphatic rings. The summed E-state index contributed by atoms with van der Waals surface area (Å²) >= 11 is 0. The number of benzene rings is 1. The van der Waals surface area contributed by atoms with E-state index in [4.69, 9.17) is 10.2 Å². The predicted octanol–water partition coefficient (Wildman–Crippen LogP) is 1.68. The molecule has 0 fully saturated rings. The van der Waals surface area contributed by atoms with Gasteiger partial charge < -0.3 is 10.2 Å². The van der Waals surface area contributed by atoms with E-state index in [9.17, 15) is 9.59 Å². The van der Waals surface area contributed by atoms with Gasteiger partial charge in [-0.15, -0.1) is 0 Å². The zero-order valence-electron chi connectivity index (χ0n) is 9.23. The molecule has 1 unspecified atom stereocenters. The van der Waals surface area contributed by atoms with Gasteiger partial charge in [-0.1, -0.05) is 19.1 Å². The maximum atomic E-state index is 11.4. The van der Waals surface area contributed by atoms with E-state index in [0.717, 1.165) is 0 Å². The molecule has 0 spiro atoms. The van der Waals surface area contributed by atoms with Crippen molar-refractivity contribution in [1.82, 2.24) is 0 Å². The second kappa shape index (κ2) is 4.90. The Bertz CT molecular complexity index is 391. The summed E-state index contributed by atoms with van der Waals surface area (Å²) in [5.74, 6) is -1.65. The number of ketones is 1. The Morgan fingerprint density at radius 3 is 2.31 bits per heavy atom. The summed E-state index contributed by atoms with van der Waals surface area (Å²) in [5.41, 5.74) is 0.848. The second-order valence-corrected chi connectivity index (χ2v) is 3.71. The van der Waals surface area contributed by atoms with E-state index in [1.54, 1.807) is 13.0 Å². The van der Waals surface area contributed by atoms with Crippen LogP contribution in [0.5, 0.6) is 0 Å². The smallest absolute Gasteiger partial charge is 0.335 e. The number of rotatable bonds is 4. The highest BCUT2D eigenvalue weighted by Crippen LogP contribution is 2.24. The van der Waals surface area contributed by atoms with Crippen LogP contribution < -0.4 is 0 Å². The Kier molecular flexibility index (Phi) is 3.79. The number of hydrogen-bond donors (Lipinski definition) is 2. The number of aromatic carboxylic acids is 1. The summed E-state index contributed by atoms with van der Waals surface area (Å²) in [7, 11) is 0. The van der Waals surface area contributed by atoms with Gasteiger partial charge in [-0.25, -0.2) is 4.79 Å². The third-order valence-corrected chi connectivity index (χ3v) is 2.48. The first-order chi connectivity index (χ1) is 7.49. The summed E-state index contributed by atoms with van der Waals surface area (Å²) < 4.78 is 0. The molecule has 0 amide bonds. The predicted molar refractivity (Wildman–Crippen MR) is 58.9 cm³/mol. The summed E-state index contributed by atoms with van der Waals surface area (Å²) in [6, 6.07) is 4.56. The fraction of sp³-hybridized carbons (Fsp3) is 0.333. The normalized spacial score (nSPS) is 12.2. The number of Topliss-reactive ketones (excluding diaryl/α,β-unsaturated/α-hetero) is 1. The SMILES string of the molecule is CC(=O)c1cccc(C(=O)O)c1C(C)CO. The Hall–Kier alpha value is -1.68. The fourth-order valence-corrected chi connectivity index (χ4v) is 1.68. The molecule has 0 heterocycles. The third-order valence-electron chi connectivity index (χ3n) is 2.48. The largest absolute Gasteiger partial charge is 0.478 e. The molecule has 16 heavy (non-hydrogen) atoms. The minimum atomic E-state index is -1.08. The van der Waals surface area contributed by atoms with E-state index in [-0.39, 0.29) is 23.9 Å². The van der Waals surface area contributed by atoms with Gasteiger partial charge in [0.1, 0.15) is 0 Å². The number of hydrogen-bond acceptors (Lipinski definition) is 3. The van der Waals surface area contributed by atoms with Crippen molar-refractivity contribution in [2.24, 2.45) is 0 Å². The van der Waals surface area contributed by atoms with Crippen LogP contribution in [-0.4, -0.2) is 28.6 Å². The van der Waals surface area contributed by atoms with E-state index < -0.39 is 5.97 Å². The first kappa shape index (κ1) is 12.4. The van der Waals surface area contributed by atoms with Crippen molar-refractivity contribution < 1.29 is 19.8 Å². The average Bonchev–Trinajstić information content (AvgIpc) is 2.26. The number of carbonyl (C=O) groups is 2. The quantitative estimate of drug-likeness (QED) is 0.760. The second-order valence-electron chi connectivity index (χ2n) is 3.71. The number of aliphatic hydroxyl groups excluding tert-OH is 1. The van der Waals surface area contributed by atoms with Crippen molar-refractivity contribution in [2.75, 3.05) is 6.61 Å². The molecular weight excluding hydrogens is 208 g/mol. The number of carbonyl (C=O) groups excluding carboxylic acids is 1. The molecule has 86 valence electrons. The first-order valence-corrected chi connectivity index (χ1v) is 4.97. The number of aliphatic hydroxyl groups is 1. The number of carboxylic acid groups (broad SMARTS) is 1. The maximum absolute atomic E-state index is 11.4. The van der Waals surface area contributed by atoms with Crippen LogP contribution in [0.2, 0.25) is 0 Å². The van der Waals surface area contributed by atoms with Crippen LogP contribution in [0.3, 0.4) is 0 Å². The van der Waals surface area contributed by atoms with E-state index in [2.05, 4.69) is 0 Å². The molecule has 0 aliphatic carbocycles. The molecule has 0 saturated carbocycles. The van der Waals surface area contributed by atoms with E-state index in [1.165, 1.54) is 19.1 Å². The molecule has 0 saturated heterocycles. The van der Waals surface area contributed by atoms with Crippen molar-refractivity contribution in [3.05, 3.63) is 34.9 Å². The molecule has 1 aromatic carbocycles. The Labute approximate surface area is 93.5 Å². The van der Waals surface area contributed by atoms with Crippen LogP contribution >= 0.6 is 0 Å². The molecule has 4 heteroatoms. The zero-order valence-corrected chi connectivity index (χ0v) is 9.23. The van der Waals surface area contributed by atoms with E-state index >= 15 is 0 Å². The molecule has 0 aromatic heterocycles. The van der Waals surface area contributed by atoms with Crippen molar-refractivity contribution in [2.45, 2.75) is 19.8 Å². The van der Waals surface area contributed by atoms with Crippen molar-refractivity contribution in [3.8, 4) is 0 Å². The summed E-state index contributed by atoms with van der Waals surface area (Å²) in [5, 5.41) is 18.1. The minimum absolute atomic E-state index is 0.0780. The van der Waals surface area contributed by atoms with Gasteiger partial charge >= 0.3 is 5.97 Å². The van der Waals surface area contributed by atoms with Crippen LogP contribution in [0.25, 0.3) is 0 Å². The molecule has 0 radical (unpaired) electrons. The molecule has 2 N–H and O–H groups in total. The monoisotopic (exact) mass is 222 g/mol. The van der Waals surface area contributed by atoms with Gasteiger partial charge in [0.25, 0.3) is 0 Å². The van der Waals surface area contributed by atoms with Crippen LogP contribution in [-0.2, 0) is 0 Å². The Morgan fingerprint density at radius 2 is 1.88 bits per heavy atom. The van der Waals surface area contributed by atoms with Crippen LogP contribution in [0.4, 0.5) is 0 Å². The summed E-state index contributed by atoms with van der Waals surface area (Å²) in [4.78, 5) is 22.4. The maximum Gasteiger partial charge on any atom is 0.335 e. The van der Waals surface area contributed by atoms with Crippen molar-refractivity contribution >= 4 is 11.8 Å². The van der Waals surface area contributed by atoms with E-state index in [1.807, 2.05) is 0 Å². The lowest BCUT2D eigenvalue weighted by Crippen LogP contribution is -2.13. The van der Waals surface area contributed by atoms with Gasteiger partial charge in [-0.3, -0.25) is 4.79 Å². The molecule has 0 bridgehead atoms. The molecule has 0 aliphatic heterocycles. The summed E-state index contributed by atoms with van der Waals surface area (Å²) in [6.07, 6.45) is 0. The standard InChI is InChI=1S/C12H14O4/c1-7(6-13)11-9(8(2)14)4-3-5-10(11)12(15)16/h3-5,7,13H,6H2,1-2H3,(H,15,16). The minimum Gasteiger partial charge on any atom is -0.478 e. The van der Waals surface area contributed by atoms with Gasteiger partial charge in [-0.2, -0.15) is 0 Å². The molecule has 1 rings (SSSR count). The summed E-state index contributed by atoms with van der Waals surface area (Å²) in [6.45, 7) is 2.88. The highest BCUT2D eigenvalue weighted by atomic mass is 16.4. The third kappa shape index (κ3) is 2.28. The zero-order chi connectivity index (χ0) is 12.3. The Balaban J connectivity index is 3.46. The highest BCUT2D eigenvalue weighted by Gasteiger charge is 2.20. The van der Waals surface area contributed by atoms with Gasteiger partial charge in [0.05, 0.1) is 5.56 Å². The molecule has 1 atom stereocenters. The first-order valence-electron chi connectivity index (χ1n) is 4.97. The fourth-order valence-electron chi connectivity index (χ4n) is 1.68. The molecular formula is C12H14O4. The molecule has 1 aromatic rings. The van der Waals surface area contributed by atoms with Gasteiger partial charge in [0.15, 0.2) is 5.78 Å². The van der Waals surface area contributed by atoms with Crippen molar-refractivity contribution in [1.29, 1.82) is 0 Å². The van der Waals surface area contributed by atoms with Gasteiger partial charge in [0.2, 0.25) is 0 Å². The van der Waals surface area contributed by atoms with Gasteiger partial charge in [0, 0.05) is 18.1 Å². The lowest BCUT2D eigenvalue weighted by atomic mass is 9.90. The van der Waals surface area contributed by atoms with Crippen LogP contribution in [0, 0.1) is 0 Å². The van der Waals surface area contributed by atoms with E-state index in [0.29, 0.717) is 11.1 Å². The molecule has 4 nitrogen and oxygen atoms in total. The topological polar surface area (TPSA) is 74.6 Å². The Morgan fingerprint density at radius 1 is 1.31 bits per heavy atom. The number of carboxylic acids is 1. The van der Waals surface area contributed by atoms with Crippen LogP contribution in [0.1, 0.15) is 46.0 Å². The average molecular weight is 222 g/mol. The van der Waals surface area contributed by atoms with Crippen molar-refractivity contribution in [3.63, 3.8) is 0 Å². The highest BCUT2D eigenvalue weighted by molar-refractivity contribution is 6.00. The van der Waals surface area contributed by atoms with Gasteiger partial charge in [-0.05, 0) is 18.6 Å².